The van der Waals surface area contributed by atoms with Crippen LogP contribution in [0.1, 0.15) is 36.5 Å². The highest BCUT2D eigenvalue weighted by Gasteiger charge is 2.43. The van der Waals surface area contributed by atoms with Crippen molar-refractivity contribution in [3.8, 4) is 23.2 Å². The Kier molecular flexibility index (Phi) is 5.75. The van der Waals surface area contributed by atoms with Crippen LogP contribution in [0.15, 0.2) is 48.7 Å². The molecule has 5 rings (SSSR count). The van der Waals surface area contributed by atoms with Crippen molar-refractivity contribution >= 4 is 11.5 Å². The van der Waals surface area contributed by atoms with Gasteiger partial charge in [0.25, 0.3) is 0 Å². The second-order valence-electron chi connectivity index (χ2n) is 8.84. The normalized spacial score (nSPS) is 16.5. The summed E-state index contributed by atoms with van der Waals surface area (Å²) in [6.45, 7) is 4.45. The van der Waals surface area contributed by atoms with Crippen molar-refractivity contribution in [1.29, 1.82) is 5.26 Å². The molecule has 6 nitrogen and oxygen atoms in total. The van der Waals surface area contributed by atoms with Crippen molar-refractivity contribution in [1.82, 2.24) is 9.97 Å². The van der Waals surface area contributed by atoms with Gasteiger partial charge in [0, 0.05) is 36.8 Å². The van der Waals surface area contributed by atoms with E-state index in [9.17, 15) is 18.4 Å². The third kappa shape index (κ3) is 4.14. The number of piperidine rings is 1. The van der Waals surface area contributed by atoms with Gasteiger partial charge in [-0.1, -0.05) is 6.07 Å². The maximum atomic E-state index is 13.1. The van der Waals surface area contributed by atoms with E-state index in [0.717, 1.165) is 54.2 Å². The van der Waals surface area contributed by atoms with Crippen LogP contribution in [0.4, 0.5) is 24.7 Å². The SMILES string of the molecule is CCOc1ncccc1-c1ccc2c(n1)NCC21CCN(c2ccc(C(F)(F)F)cc2C#N)CC1. The third-order valence-electron chi connectivity index (χ3n) is 6.89. The molecule has 2 aliphatic heterocycles. The number of hydrogen-bond acceptors (Lipinski definition) is 6. The first-order chi connectivity index (χ1) is 16.8. The fraction of sp³-hybridized carbons (Fsp3) is 0.346. The molecule has 180 valence electrons. The van der Waals surface area contributed by atoms with Crippen LogP contribution in [-0.4, -0.2) is 36.2 Å². The van der Waals surface area contributed by atoms with Gasteiger partial charge in [-0.25, -0.2) is 9.97 Å². The lowest BCUT2D eigenvalue weighted by molar-refractivity contribution is -0.137. The Morgan fingerprint density at radius 3 is 2.69 bits per heavy atom. The molecule has 2 aromatic heterocycles. The monoisotopic (exact) mass is 479 g/mol. The van der Waals surface area contributed by atoms with E-state index < -0.39 is 11.7 Å². The zero-order valence-electron chi connectivity index (χ0n) is 19.2. The molecule has 0 aliphatic carbocycles. The van der Waals surface area contributed by atoms with Crippen molar-refractivity contribution in [3.63, 3.8) is 0 Å². The van der Waals surface area contributed by atoms with Gasteiger partial charge in [-0.3, -0.25) is 0 Å². The number of alkyl halides is 3. The molecule has 0 amide bonds. The van der Waals surface area contributed by atoms with E-state index in [1.807, 2.05) is 36.1 Å². The molecule has 1 aromatic carbocycles. The Morgan fingerprint density at radius 1 is 1.17 bits per heavy atom. The quantitative estimate of drug-likeness (QED) is 0.541. The van der Waals surface area contributed by atoms with Gasteiger partial charge in [-0.2, -0.15) is 18.4 Å². The number of benzene rings is 1. The number of halogens is 3. The van der Waals surface area contributed by atoms with Crippen molar-refractivity contribution in [2.75, 3.05) is 36.5 Å². The van der Waals surface area contributed by atoms with E-state index in [-0.39, 0.29) is 11.0 Å². The molecular weight excluding hydrogens is 455 g/mol. The number of rotatable bonds is 4. The van der Waals surface area contributed by atoms with E-state index in [2.05, 4.69) is 16.4 Å². The predicted molar refractivity (Wildman–Crippen MR) is 126 cm³/mol. The number of fused-ring (bicyclic) bond motifs is 2. The Bertz CT molecular complexity index is 1290. The van der Waals surface area contributed by atoms with Crippen molar-refractivity contribution in [2.24, 2.45) is 0 Å². The van der Waals surface area contributed by atoms with Crippen LogP contribution < -0.4 is 15.0 Å². The van der Waals surface area contributed by atoms with Gasteiger partial charge < -0.3 is 15.0 Å². The summed E-state index contributed by atoms with van der Waals surface area (Å²) in [6.07, 6.45) is -1.17. The molecule has 0 unspecified atom stereocenters. The molecule has 0 saturated carbocycles. The third-order valence-corrected chi connectivity index (χ3v) is 6.89. The highest BCUT2D eigenvalue weighted by atomic mass is 19.4. The fourth-order valence-corrected chi connectivity index (χ4v) is 5.06. The summed E-state index contributed by atoms with van der Waals surface area (Å²) in [5.74, 6) is 1.39. The van der Waals surface area contributed by atoms with Gasteiger partial charge in [0.05, 0.1) is 34.7 Å². The molecule has 0 radical (unpaired) electrons. The molecule has 1 spiro atoms. The molecule has 0 atom stereocenters. The van der Waals surface area contributed by atoms with Crippen LogP contribution in [0.3, 0.4) is 0 Å². The van der Waals surface area contributed by atoms with Crippen LogP contribution in [0, 0.1) is 11.3 Å². The lowest BCUT2D eigenvalue weighted by Gasteiger charge is -2.40. The number of pyridine rings is 2. The minimum Gasteiger partial charge on any atom is -0.477 e. The molecular formula is C26H24F3N5O. The van der Waals surface area contributed by atoms with E-state index in [1.54, 1.807) is 6.20 Å². The fourth-order valence-electron chi connectivity index (χ4n) is 5.06. The minimum atomic E-state index is -4.47. The van der Waals surface area contributed by atoms with Gasteiger partial charge in [0.15, 0.2) is 0 Å². The molecule has 1 saturated heterocycles. The zero-order valence-corrected chi connectivity index (χ0v) is 19.2. The summed E-state index contributed by atoms with van der Waals surface area (Å²) in [7, 11) is 0. The number of ether oxygens (including phenoxy) is 1. The number of aromatic nitrogens is 2. The summed E-state index contributed by atoms with van der Waals surface area (Å²) < 4.78 is 44.9. The van der Waals surface area contributed by atoms with Gasteiger partial charge in [-0.05, 0) is 56.2 Å². The largest absolute Gasteiger partial charge is 0.477 e. The lowest BCUT2D eigenvalue weighted by Crippen LogP contribution is -2.44. The first-order valence-electron chi connectivity index (χ1n) is 11.5. The highest BCUT2D eigenvalue weighted by Crippen LogP contribution is 2.45. The molecule has 1 fully saturated rings. The first kappa shape index (κ1) is 23.0. The zero-order chi connectivity index (χ0) is 24.6. The summed E-state index contributed by atoms with van der Waals surface area (Å²) >= 11 is 0. The minimum absolute atomic E-state index is 0.0496. The van der Waals surface area contributed by atoms with Crippen molar-refractivity contribution in [3.05, 3.63) is 65.4 Å². The van der Waals surface area contributed by atoms with Crippen LogP contribution >= 0.6 is 0 Å². The number of nitrogens with one attached hydrogen (secondary N) is 1. The second kappa shape index (κ2) is 8.77. The summed E-state index contributed by atoms with van der Waals surface area (Å²) in [5.41, 5.74) is 2.46. The predicted octanol–water partition coefficient (Wildman–Crippen LogP) is 5.40. The number of hydrogen-bond donors (Lipinski definition) is 1. The van der Waals surface area contributed by atoms with Gasteiger partial charge in [0.2, 0.25) is 5.88 Å². The smallest absolute Gasteiger partial charge is 0.416 e. The molecule has 9 heteroatoms. The molecule has 3 aromatic rings. The molecule has 0 bridgehead atoms. The summed E-state index contributed by atoms with van der Waals surface area (Å²) in [6, 6.07) is 13.2. The van der Waals surface area contributed by atoms with E-state index >= 15 is 0 Å². The maximum absolute atomic E-state index is 13.1. The van der Waals surface area contributed by atoms with E-state index in [0.29, 0.717) is 31.3 Å². The van der Waals surface area contributed by atoms with E-state index in [1.165, 1.54) is 6.07 Å². The number of anilines is 2. The maximum Gasteiger partial charge on any atom is 0.416 e. The topological polar surface area (TPSA) is 74.1 Å². The molecule has 4 heterocycles. The Balaban J connectivity index is 1.37. The average molecular weight is 480 g/mol. The summed E-state index contributed by atoms with van der Waals surface area (Å²) in [4.78, 5) is 11.2. The second-order valence-corrected chi connectivity index (χ2v) is 8.84. The Labute approximate surface area is 201 Å². The Morgan fingerprint density at radius 2 is 1.97 bits per heavy atom. The summed E-state index contributed by atoms with van der Waals surface area (Å²) in [5, 5.41) is 12.9. The molecule has 2 aliphatic rings. The van der Waals surface area contributed by atoms with Gasteiger partial charge in [0.1, 0.15) is 11.9 Å². The van der Waals surface area contributed by atoms with E-state index in [4.69, 9.17) is 9.72 Å². The first-order valence-corrected chi connectivity index (χ1v) is 11.5. The standard InChI is InChI=1S/C26H24F3N5O/c1-2-35-24-19(4-3-11-31-24)21-7-6-20-23(33-21)32-16-25(20)9-12-34(13-10-25)22-8-5-18(26(27,28)29)14-17(22)15-30/h3-8,11,14H,2,9-10,12-13,16H2,1H3,(H,32,33). The highest BCUT2D eigenvalue weighted by molar-refractivity contribution is 5.69. The molecule has 35 heavy (non-hydrogen) atoms. The number of nitriles is 1. The van der Waals surface area contributed by atoms with Crippen LogP contribution in [0.5, 0.6) is 5.88 Å². The van der Waals surface area contributed by atoms with Crippen LogP contribution in [0.2, 0.25) is 0 Å². The Hall–Kier alpha value is -3.80. The molecule has 1 N–H and O–H groups in total. The average Bonchev–Trinajstić information content (AvgIpc) is 3.21. The van der Waals surface area contributed by atoms with Gasteiger partial charge >= 0.3 is 6.18 Å². The van der Waals surface area contributed by atoms with Crippen molar-refractivity contribution < 1.29 is 17.9 Å². The lowest BCUT2D eigenvalue weighted by atomic mass is 9.74. The van der Waals surface area contributed by atoms with Crippen molar-refractivity contribution in [2.45, 2.75) is 31.4 Å². The van der Waals surface area contributed by atoms with Gasteiger partial charge in [-0.15, -0.1) is 0 Å². The van der Waals surface area contributed by atoms with Crippen LogP contribution in [-0.2, 0) is 11.6 Å². The van der Waals surface area contributed by atoms with Crippen LogP contribution in [0.25, 0.3) is 11.3 Å². The number of nitrogens with zero attached hydrogens (tertiary/aromatic N) is 4.